The van der Waals surface area contributed by atoms with Crippen molar-refractivity contribution >= 4 is 26.7 Å². The van der Waals surface area contributed by atoms with Crippen molar-refractivity contribution in [2.45, 2.75) is 6.92 Å². The lowest BCUT2D eigenvalue weighted by atomic mass is 10.1. The summed E-state index contributed by atoms with van der Waals surface area (Å²) < 4.78 is 6.77. The summed E-state index contributed by atoms with van der Waals surface area (Å²) in [5.41, 5.74) is 0. The van der Waals surface area contributed by atoms with Crippen LogP contribution >= 0.6 is 15.9 Å². The molecule has 2 aromatic carbocycles. The third kappa shape index (κ3) is 2.99. The monoisotopic (exact) mass is 293 g/mol. The predicted octanol–water partition coefficient (Wildman–Crippen LogP) is 3.59. The largest absolute Gasteiger partial charge is 0.491 e. The average molecular weight is 294 g/mol. The van der Waals surface area contributed by atoms with E-state index in [0.717, 1.165) is 23.3 Å². The molecule has 1 N–H and O–H groups in total. The normalized spacial score (nSPS) is 10.7. The molecule has 0 aliphatic rings. The third-order valence-electron chi connectivity index (χ3n) is 2.61. The van der Waals surface area contributed by atoms with Crippen molar-refractivity contribution < 1.29 is 4.74 Å². The van der Waals surface area contributed by atoms with Gasteiger partial charge < -0.3 is 10.1 Å². The lowest BCUT2D eigenvalue weighted by Gasteiger charge is -2.10. The number of nitrogens with one attached hydrogen (secondary N) is 1. The number of hydrogen-bond donors (Lipinski definition) is 1. The van der Waals surface area contributed by atoms with E-state index in [1.165, 1.54) is 10.8 Å². The van der Waals surface area contributed by atoms with E-state index in [0.29, 0.717) is 6.61 Å². The number of ether oxygens (including phenoxy) is 1. The van der Waals surface area contributed by atoms with Crippen molar-refractivity contribution in [1.29, 1.82) is 0 Å². The SMILES string of the molecule is CCNCCOc1ccc2ccccc2c1Br. The maximum atomic E-state index is 5.74. The highest BCUT2D eigenvalue weighted by Gasteiger charge is 2.05. The van der Waals surface area contributed by atoms with Crippen LogP contribution in [0.2, 0.25) is 0 Å². The first-order valence-corrected chi connectivity index (χ1v) is 6.63. The Morgan fingerprint density at radius 3 is 2.82 bits per heavy atom. The fraction of sp³-hybridized carbons (Fsp3) is 0.286. The molecule has 2 nitrogen and oxygen atoms in total. The fourth-order valence-corrected chi connectivity index (χ4v) is 2.34. The highest BCUT2D eigenvalue weighted by atomic mass is 79.9. The molecule has 2 aromatic rings. The molecule has 0 aromatic heterocycles. The Morgan fingerprint density at radius 1 is 1.18 bits per heavy atom. The molecule has 90 valence electrons. The number of fused-ring (bicyclic) bond motifs is 1. The van der Waals surface area contributed by atoms with Crippen LogP contribution in [-0.4, -0.2) is 19.7 Å². The second-order valence-electron chi connectivity index (χ2n) is 3.80. The van der Waals surface area contributed by atoms with E-state index in [9.17, 15) is 0 Å². The molecule has 0 aliphatic carbocycles. The molecule has 0 bridgehead atoms. The Balaban J connectivity index is 2.15. The van der Waals surface area contributed by atoms with Gasteiger partial charge in [-0.1, -0.05) is 37.3 Å². The van der Waals surface area contributed by atoms with Gasteiger partial charge >= 0.3 is 0 Å². The average Bonchev–Trinajstić information content (AvgIpc) is 2.37. The van der Waals surface area contributed by atoms with Crippen molar-refractivity contribution in [2.75, 3.05) is 19.7 Å². The minimum Gasteiger partial charge on any atom is -0.491 e. The maximum absolute atomic E-state index is 5.74. The molecule has 0 atom stereocenters. The van der Waals surface area contributed by atoms with Crippen LogP contribution in [0.4, 0.5) is 0 Å². The minimum absolute atomic E-state index is 0.685. The number of hydrogen-bond acceptors (Lipinski definition) is 2. The van der Waals surface area contributed by atoms with E-state index in [-0.39, 0.29) is 0 Å². The molecule has 0 radical (unpaired) electrons. The molecular weight excluding hydrogens is 278 g/mol. The number of halogens is 1. The first-order chi connectivity index (χ1) is 8.33. The number of rotatable bonds is 5. The van der Waals surface area contributed by atoms with Gasteiger partial charge in [-0.3, -0.25) is 0 Å². The van der Waals surface area contributed by atoms with Crippen LogP contribution < -0.4 is 10.1 Å². The Morgan fingerprint density at radius 2 is 2.00 bits per heavy atom. The first-order valence-electron chi connectivity index (χ1n) is 5.83. The second kappa shape index (κ2) is 6.03. The number of likely N-dealkylation sites (N-methyl/N-ethyl adjacent to an activating group) is 1. The predicted molar refractivity (Wildman–Crippen MR) is 75.7 cm³/mol. The first kappa shape index (κ1) is 12.4. The summed E-state index contributed by atoms with van der Waals surface area (Å²) in [6.07, 6.45) is 0. The lowest BCUT2D eigenvalue weighted by molar-refractivity contribution is 0.314. The van der Waals surface area contributed by atoms with Crippen molar-refractivity contribution in [3.8, 4) is 5.75 Å². The van der Waals surface area contributed by atoms with E-state index in [4.69, 9.17) is 4.74 Å². The maximum Gasteiger partial charge on any atom is 0.134 e. The van der Waals surface area contributed by atoms with Gasteiger partial charge in [0.2, 0.25) is 0 Å². The van der Waals surface area contributed by atoms with Crippen LogP contribution in [-0.2, 0) is 0 Å². The second-order valence-corrected chi connectivity index (χ2v) is 4.59. The summed E-state index contributed by atoms with van der Waals surface area (Å²) in [5, 5.41) is 5.64. The quantitative estimate of drug-likeness (QED) is 0.851. The van der Waals surface area contributed by atoms with Crippen molar-refractivity contribution in [2.24, 2.45) is 0 Å². The fourth-order valence-electron chi connectivity index (χ4n) is 1.73. The Kier molecular flexibility index (Phi) is 4.40. The van der Waals surface area contributed by atoms with Gasteiger partial charge in [0, 0.05) is 6.54 Å². The summed E-state index contributed by atoms with van der Waals surface area (Å²) in [7, 11) is 0. The van der Waals surface area contributed by atoms with Gasteiger partial charge in [0.05, 0.1) is 4.47 Å². The highest BCUT2D eigenvalue weighted by Crippen LogP contribution is 2.32. The van der Waals surface area contributed by atoms with Gasteiger partial charge in [-0.05, 0) is 39.3 Å². The molecule has 0 saturated carbocycles. The summed E-state index contributed by atoms with van der Waals surface area (Å²) in [6.45, 7) is 4.62. The van der Waals surface area contributed by atoms with E-state index < -0.39 is 0 Å². The lowest BCUT2D eigenvalue weighted by Crippen LogP contribution is -2.20. The van der Waals surface area contributed by atoms with Crippen LogP contribution in [0.1, 0.15) is 6.92 Å². The summed E-state index contributed by atoms with van der Waals surface area (Å²) in [6, 6.07) is 12.4. The molecule has 3 heteroatoms. The van der Waals surface area contributed by atoms with Crippen LogP contribution in [0.3, 0.4) is 0 Å². The molecule has 0 heterocycles. The standard InChI is InChI=1S/C14H16BrNO/c1-2-16-9-10-17-13-8-7-11-5-3-4-6-12(11)14(13)15/h3-8,16H,2,9-10H2,1H3. The van der Waals surface area contributed by atoms with E-state index in [2.05, 4.69) is 46.4 Å². The van der Waals surface area contributed by atoms with Gasteiger partial charge in [-0.15, -0.1) is 0 Å². The van der Waals surface area contributed by atoms with Crippen LogP contribution in [0.5, 0.6) is 5.75 Å². The molecule has 0 unspecified atom stereocenters. The zero-order chi connectivity index (χ0) is 12.1. The van der Waals surface area contributed by atoms with E-state index in [1.807, 2.05) is 18.2 Å². The molecular formula is C14H16BrNO. The molecule has 0 aliphatic heterocycles. The van der Waals surface area contributed by atoms with Gasteiger partial charge in [0.1, 0.15) is 12.4 Å². The summed E-state index contributed by atoms with van der Waals surface area (Å²) in [5.74, 6) is 0.904. The zero-order valence-corrected chi connectivity index (χ0v) is 11.5. The van der Waals surface area contributed by atoms with Gasteiger partial charge in [-0.2, -0.15) is 0 Å². The van der Waals surface area contributed by atoms with Crippen molar-refractivity contribution in [3.05, 3.63) is 40.9 Å². The van der Waals surface area contributed by atoms with Crippen molar-refractivity contribution in [1.82, 2.24) is 5.32 Å². The van der Waals surface area contributed by atoms with Crippen molar-refractivity contribution in [3.63, 3.8) is 0 Å². The zero-order valence-electron chi connectivity index (χ0n) is 9.87. The molecule has 0 spiro atoms. The summed E-state index contributed by atoms with van der Waals surface area (Å²) >= 11 is 3.61. The molecule has 0 saturated heterocycles. The van der Waals surface area contributed by atoms with E-state index >= 15 is 0 Å². The van der Waals surface area contributed by atoms with Crippen LogP contribution in [0, 0.1) is 0 Å². The minimum atomic E-state index is 0.685. The Bertz CT molecular complexity index is 499. The van der Waals surface area contributed by atoms with Gasteiger partial charge in [0.25, 0.3) is 0 Å². The Hall–Kier alpha value is -1.06. The van der Waals surface area contributed by atoms with Gasteiger partial charge in [-0.25, -0.2) is 0 Å². The smallest absolute Gasteiger partial charge is 0.134 e. The molecule has 0 fully saturated rings. The number of benzene rings is 2. The third-order valence-corrected chi connectivity index (χ3v) is 3.43. The molecule has 2 rings (SSSR count). The van der Waals surface area contributed by atoms with Crippen LogP contribution in [0.15, 0.2) is 40.9 Å². The van der Waals surface area contributed by atoms with E-state index in [1.54, 1.807) is 0 Å². The van der Waals surface area contributed by atoms with Gasteiger partial charge in [0.15, 0.2) is 0 Å². The summed E-state index contributed by atoms with van der Waals surface area (Å²) in [4.78, 5) is 0. The molecule has 0 amide bonds. The van der Waals surface area contributed by atoms with Crippen LogP contribution in [0.25, 0.3) is 10.8 Å². The highest BCUT2D eigenvalue weighted by molar-refractivity contribution is 9.10. The molecule has 17 heavy (non-hydrogen) atoms. The Labute approximate surface area is 110 Å². The topological polar surface area (TPSA) is 21.3 Å².